The largest absolute Gasteiger partial charge is 0.384 e. The number of carbonyl (C=O) groups is 1. The van der Waals surface area contributed by atoms with Crippen LogP contribution in [0.15, 0.2) is 18.2 Å². The van der Waals surface area contributed by atoms with E-state index in [0.29, 0.717) is 17.9 Å². The molecule has 2 unspecified atom stereocenters. The first-order valence-corrected chi connectivity index (χ1v) is 6.74. The van der Waals surface area contributed by atoms with Crippen LogP contribution >= 0.6 is 0 Å². The standard InChI is InChI=1S/C16H19NO3/c1-11-5-6-14(13(10-11)4-3-8-18)17-16(19)15-12(2)7-9-20-15/h5-6,10,12,15,18H,7-9H2,1-2H3,(H,17,19). The molecule has 4 heteroatoms. The number of nitrogens with one attached hydrogen (secondary N) is 1. The zero-order valence-electron chi connectivity index (χ0n) is 11.8. The summed E-state index contributed by atoms with van der Waals surface area (Å²) >= 11 is 0. The highest BCUT2D eigenvalue weighted by molar-refractivity contribution is 5.95. The van der Waals surface area contributed by atoms with Gasteiger partial charge in [0.2, 0.25) is 0 Å². The average molecular weight is 273 g/mol. The van der Waals surface area contributed by atoms with Crippen molar-refractivity contribution in [2.24, 2.45) is 5.92 Å². The minimum Gasteiger partial charge on any atom is -0.384 e. The van der Waals surface area contributed by atoms with Crippen molar-refractivity contribution in [1.82, 2.24) is 0 Å². The fourth-order valence-corrected chi connectivity index (χ4v) is 2.24. The Balaban J connectivity index is 2.18. The van der Waals surface area contributed by atoms with Crippen LogP contribution in [0.1, 0.15) is 24.5 Å². The highest BCUT2D eigenvalue weighted by Crippen LogP contribution is 2.23. The van der Waals surface area contributed by atoms with Gasteiger partial charge in [-0.05, 0) is 37.0 Å². The van der Waals surface area contributed by atoms with Crippen molar-refractivity contribution in [2.45, 2.75) is 26.4 Å². The number of aryl methyl sites for hydroxylation is 1. The first-order valence-electron chi connectivity index (χ1n) is 6.74. The van der Waals surface area contributed by atoms with Gasteiger partial charge in [0.15, 0.2) is 0 Å². The Morgan fingerprint density at radius 1 is 1.55 bits per heavy atom. The summed E-state index contributed by atoms with van der Waals surface area (Å²) in [7, 11) is 0. The second-order valence-electron chi connectivity index (χ2n) is 5.06. The summed E-state index contributed by atoms with van der Waals surface area (Å²) in [4.78, 5) is 12.2. The molecule has 1 fully saturated rings. The van der Waals surface area contributed by atoms with E-state index in [4.69, 9.17) is 9.84 Å². The SMILES string of the molecule is Cc1ccc(NC(=O)C2OCCC2C)c(C#CCO)c1. The van der Waals surface area contributed by atoms with Crippen molar-refractivity contribution >= 4 is 11.6 Å². The van der Waals surface area contributed by atoms with E-state index >= 15 is 0 Å². The molecule has 0 aliphatic carbocycles. The number of ether oxygens (including phenoxy) is 1. The Kier molecular flexibility index (Phi) is 4.78. The van der Waals surface area contributed by atoms with Crippen molar-refractivity contribution in [1.29, 1.82) is 0 Å². The lowest BCUT2D eigenvalue weighted by molar-refractivity contribution is -0.126. The predicted octanol–water partition coefficient (Wildman–Crippen LogP) is 1.70. The van der Waals surface area contributed by atoms with Gasteiger partial charge >= 0.3 is 0 Å². The van der Waals surface area contributed by atoms with Crippen LogP contribution in [0.2, 0.25) is 0 Å². The number of hydrogen-bond donors (Lipinski definition) is 2. The van der Waals surface area contributed by atoms with Gasteiger partial charge in [-0.15, -0.1) is 0 Å². The maximum Gasteiger partial charge on any atom is 0.253 e. The second-order valence-corrected chi connectivity index (χ2v) is 5.06. The Bertz CT molecular complexity index is 557. The molecule has 0 bridgehead atoms. The van der Waals surface area contributed by atoms with Crippen LogP contribution in [0.4, 0.5) is 5.69 Å². The number of aliphatic hydroxyl groups is 1. The molecule has 4 nitrogen and oxygen atoms in total. The van der Waals surface area contributed by atoms with Crippen LogP contribution < -0.4 is 5.32 Å². The van der Waals surface area contributed by atoms with E-state index in [1.807, 2.05) is 32.0 Å². The molecule has 20 heavy (non-hydrogen) atoms. The van der Waals surface area contributed by atoms with Crippen molar-refractivity contribution in [3.05, 3.63) is 29.3 Å². The Labute approximate surface area is 119 Å². The normalized spacial score (nSPS) is 21.1. The highest BCUT2D eigenvalue weighted by Gasteiger charge is 2.31. The lowest BCUT2D eigenvalue weighted by atomic mass is 10.0. The van der Waals surface area contributed by atoms with Crippen LogP contribution in [-0.4, -0.2) is 30.3 Å². The van der Waals surface area contributed by atoms with E-state index in [1.165, 1.54) is 0 Å². The zero-order valence-corrected chi connectivity index (χ0v) is 11.8. The maximum absolute atomic E-state index is 12.2. The van der Waals surface area contributed by atoms with Gasteiger partial charge in [-0.25, -0.2) is 0 Å². The van der Waals surface area contributed by atoms with Gasteiger partial charge in [0.1, 0.15) is 12.7 Å². The molecule has 1 aliphatic heterocycles. The predicted molar refractivity (Wildman–Crippen MR) is 77.3 cm³/mol. The molecule has 106 valence electrons. The number of benzene rings is 1. The summed E-state index contributed by atoms with van der Waals surface area (Å²) in [6, 6.07) is 5.63. The lowest BCUT2D eigenvalue weighted by Crippen LogP contribution is -2.31. The number of hydrogen-bond acceptors (Lipinski definition) is 3. The number of amides is 1. The molecular weight excluding hydrogens is 254 g/mol. The molecule has 1 aromatic carbocycles. The topological polar surface area (TPSA) is 58.6 Å². The molecule has 2 atom stereocenters. The average Bonchev–Trinajstić information content (AvgIpc) is 2.85. The van der Waals surface area contributed by atoms with Crippen LogP contribution in [0, 0.1) is 24.7 Å². The second kappa shape index (κ2) is 6.56. The van der Waals surface area contributed by atoms with Crippen molar-refractivity contribution < 1.29 is 14.6 Å². The summed E-state index contributed by atoms with van der Waals surface area (Å²) in [5, 5.41) is 11.7. The van der Waals surface area contributed by atoms with Gasteiger partial charge in [0, 0.05) is 12.2 Å². The van der Waals surface area contributed by atoms with Crippen LogP contribution in [0.5, 0.6) is 0 Å². The number of carbonyl (C=O) groups excluding carboxylic acids is 1. The third-order valence-electron chi connectivity index (χ3n) is 3.38. The molecule has 1 aliphatic rings. The molecule has 2 rings (SSSR count). The van der Waals surface area contributed by atoms with E-state index in [2.05, 4.69) is 17.2 Å². The van der Waals surface area contributed by atoms with Crippen LogP contribution in [-0.2, 0) is 9.53 Å². The van der Waals surface area contributed by atoms with Crippen molar-refractivity contribution in [2.75, 3.05) is 18.5 Å². The van der Waals surface area contributed by atoms with Gasteiger partial charge in [0.05, 0.1) is 5.69 Å². The molecule has 1 amide bonds. The van der Waals surface area contributed by atoms with Crippen LogP contribution in [0.3, 0.4) is 0 Å². The molecule has 0 spiro atoms. The van der Waals surface area contributed by atoms with Gasteiger partial charge in [-0.2, -0.15) is 0 Å². The first-order chi connectivity index (χ1) is 9.61. The van der Waals surface area contributed by atoms with E-state index < -0.39 is 6.10 Å². The Morgan fingerprint density at radius 2 is 2.35 bits per heavy atom. The van der Waals surface area contributed by atoms with E-state index in [-0.39, 0.29) is 18.4 Å². The lowest BCUT2D eigenvalue weighted by Gasteiger charge is -2.15. The molecule has 1 heterocycles. The first kappa shape index (κ1) is 14.6. The Morgan fingerprint density at radius 3 is 3.00 bits per heavy atom. The smallest absolute Gasteiger partial charge is 0.253 e. The molecule has 0 aromatic heterocycles. The molecule has 2 N–H and O–H groups in total. The number of aliphatic hydroxyl groups excluding tert-OH is 1. The summed E-state index contributed by atoms with van der Waals surface area (Å²) in [6.45, 7) is 4.39. The Hall–Kier alpha value is -1.83. The summed E-state index contributed by atoms with van der Waals surface area (Å²) in [5.74, 6) is 5.56. The number of anilines is 1. The third kappa shape index (κ3) is 3.38. The zero-order chi connectivity index (χ0) is 14.5. The highest BCUT2D eigenvalue weighted by atomic mass is 16.5. The van der Waals surface area contributed by atoms with Gasteiger partial charge in [-0.3, -0.25) is 4.79 Å². The number of rotatable bonds is 2. The quantitative estimate of drug-likeness (QED) is 0.806. The van der Waals surface area contributed by atoms with E-state index in [1.54, 1.807) is 0 Å². The minimum absolute atomic E-state index is 0.133. The molecule has 1 saturated heterocycles. The fraction of sp³-hybridized carbons (Fsp3) is 0.438. The van der Waals surface area contributed by atoms with Crippen molar-refractivity contribution in [3.63, 3.8) is 0 Å². The summed E-state index contributed by atoms with van der Waals surface area (Å²) in [6.07, 6.45) is 0.512. The molecule has 0 radical (unpaired) electrons. The molecular formula is C16H19NO3. The maximum atomic E-state index is 12.2. The van der Waals surface area contributed by atoms with Crippen LogP contribution in [0.25, 0.3) is 0 Å². The molecule has 0 saturated carbocycles. The monoisotopic (exact) mass is 273 g/mol. The summed E-state index contributed by atoms with van der Waals surface area (Å²) < 4.78 is 5.46. The van der Waals surface area contributed by atoms with E-state index in [9.17, 15) is 4.79 Å². The third-order valence-corrected chi connectivity index (χ3v) is 3.38. The van der Waals surface area contributed by atoms with Crippen molar-refractivity contribution in [3.8, 4) is 11.8 Å². The fourth-order valence-electron chi connectivity index (χ4n) is 2.24. The summed E-state index contributed by atoms with van der Waals surface area (Å²) in [5.41, 5.74) is 2.41. The van der Waals surface area contributed by atoms with E-state index in [0.717, 1.165) is 12.0 Å². The van der Waals surface area contributed by atoms with Gasteiger partial charge in [0.25, 0.3) is 5.91 Å². The minimum atomic E-state index is -0.394. The van der Waals surface area contributed by atoms with Gasteiger partial charge in [-0.1, -0.05) is 24.8 Å². The molecule has 1 aromatic rings. The van der Waals surface area contributed by atoms with Gasteiger partial charge < -0.3 is 15.2 Å².